The van der Waals surface area contributed by atoms with E-state index in [-0.39, 0.29) is 17.4 Å². The van der Waals surface area contributed by atoms with Crippen LogP contribution in [0.1, 0.15) is 24.9 Å². The van der Waals surface area contributed by atoms with Crippen molar-refractivity contribution in [3.63, 3.8) is 0 Å². The highest BCUT2D eigenvalue weighted by Crippen LogP contribution is 2.30. The van der Waals surface area contributed by atoms with Crippen molar-refractivity contribution in [3.8, 4) is 0 Å². The van der Waals surface area contributed by atoms with Gasteiger partial charge in [0.15, 0.2) is 0 Å². The monoisotopic (exact) mass is 251 g/mol. The number of benzene rings is 1. The summed E-state index contributed by atoms with van der Waals surface area (Å²) in [4.78, 5) is 13.4. The van der Waals surface area contributed by atoms with Crippen molar-refractivity contribution in [3.05, 3.63) is 48.1 Å². The second-order valence-corrected chi connectivity index (χ2v) is 4.59. The van der Waals surface area contributed by atoms with Crippen molar-refractivity contribution in [2.75, 3.05) is 6.54 Å². The zero-order chi connectivity index (χ0) is 13.3. The predicted octanol–water partition coefficient (Wildman–Crippen LogP) is 3.06. The SMILES string of the molecule is C=CC1CC(=O)N(C(C)c2cc(F)ccc2F)C1. The molecular formula is C14H15F2NO. The summed E-state index contributed by atoms with van der Waals surface area (Å²) >= 11 is 0. The fraction of sp³-hybridized carbons (Fsp3) is 0.357. The molecule has 1 aliphatic rings. The first-order valence-electron chi connectivity index (χ1n) is 5.90. The molecule has 0 aliphatic carbocycles. The highest BCUT2D eigenvalue weighted by atomic mass is 19.1. The maximum Gasteiger partial charge on any atom is 0.223 e. The van der Waals surface area contributed by atoms with Gasteiger partial charge in [0, 0.05) is 24.4 Å². The molecule has 1 saturated heterocycles. The van der Waals surface area contributed by atoms with Crippen LogP contribution in [0.15, 0.2) is 30.9 Å². The lowest BCUT2D eigenvalue weighted by Gasteiger charge is -2.25. The Morgan fingerprint density at radius 2 is 2.22 bits per heavy atom. The third-order valence-electron chi connectivity index (χ3n) is 3.40. The van der Waals surface area contributed by atoms with Gasteiger partial charge in [-0.05, 0) is 25.1 Å². The van der Waals surface area contributed by atoms with Crippen molar-refractivity contribution in [2.24, 2.45) is 5.92 Å². The topological polar surface area (TPSA) is 20.3 Å². The fourth-order valence-corrected chi connectivity index (χ4v) is 2.30. The van der Waals surface area contributed by atoms with E-state index in [1.807, 2.05) is 0 Å². The van der Waals surface area contributed by atoms with Gasteiger partial charge >= 0.3 is 0 Å². The Bertz CT molecular complexity index is 487. The number of nitrogens with zero attached hydrogens (tertiary/aromatic N) is 1. The number of amides is 1. The minimum atomic E-state index is -0.495. The highest BCUT2D eigenvalue weighted by molar-refractivity contribution is 5.79. The summed E-state index contributed by atoms with van der Waals surface area (Å²) in [6.07, 6.45) is 2.12. The van der Waals surface area contributed by atoms with Crippen molar-refractivity contribution in [1.82, 2.24) is 4.90 Å². The lowest BCUT2D eigenvalue weighted by atomic mass is 10.1. The molecule has 4 heteroatoms. The quantitative estimate of drug-likeness (QED) is 0.756. The second-order valence-electron chi connectivity index (χ2n) is 4.59. The summed E-state index contributed by atoms with van der Waals surface area (Å²) in [5.41, 5.74) is 0.216. The molecule has 0 bridgehead atoms. The van der Waals surface area contributed by atoms with Crippen LogP contribution in [0.25, 0.3) is 0 Å². The van der Waals surface area contributed by atoms with E-state index in [1.165, 1.54) is 0 Å². The Hall–Kier alpha value is -1.71. The molecule has 1 aliphatic heterocycles. The molecule has 2 nitrogen and oxygen atoms in total. The zero-order valence-corrected chi connectivity index (χ0v) is 10.2. The number of hydrogen-bond acceptors (Lipinski definition) is 1. The van der Waals surface area contributed by atoms with E-state index >= 15 is 0 Å². The van der Waals surface area contributed by atoms with Gasteiger partial charge in [-0.15, -0.1) is 6.58 Å². The molecule has 2 atom stereocenters. The van der Waals surface area contributed by atoms with Crippen molar-refractivity contribution >= 4 is 5.91 Å². The molecule has 1 heterocycles. The molecule has 0 saturated carbocycles. The van der Waals surface area contributed by atoms with Gasteiger partial charge in [0.25, 0.3) is 0 Å². The van der Waals surface area contributed by atoms with Gasteiger partial charge in [0.1, 0.15) is 11.6 Å². The Balaban J connectivity index is 2.26. The van der Waals surface area contributed by atoms with E-state index in [1.54, 1.807) is 17.9 Å². The number of halogens is 2. The van der Waals surface area contributed by atoms with Gasteiger partial charge in [-0.3, -0.25) is 4.79 Å². The highest BCUT2D eigenvalue weighted by Gasteiger charge is 2.32. The van der Waals surface area contributed by atoms with Gasteiger partial charge in [-0.1, -0.05) is 6.08 Å². The van der Waals surface area contributed by atoms with Crippen LogP contribution in [-0.4, -0.2) is 17.4 Å². The molecule has 1 fully saturated rings. The first-order valence-corrected chi connectivity index (χ1v) is 5.90. The maximum absolute atomic E-state index is 13.7. The summed E-state index contributed by atoms with van der Waals surface area (Å²) in [6.45, 7) is 5.89. The minimum Gasteiger partial charge on any atom is -0.335 e. The second kappa shape index (κ2) is 4.88. The molecule has 2 rings (SSSR count). The number of likely N-dealkylation sites (tertiary alicyclic amines) is 1. The van der Waals surface area contributed by atoms with Gasteiger partial charge in [0.05, 0.1) is 6.04 Å². The third-order valence-corrected chi connectivity index (χ3v) is 3.40. The van der Waals surface area contributed by atoms with E-state index in [4.69, 9.17) is 0 Å². The lowest BCUT2D eigenvalue weighted by Crippen LogP contribution is -2.29. The molecular weight excluding hydrogens is 236 g/mol. The van der Waals surface area contributed by atoms with E-state index in [0.29, 0.717) is 13.0 Å². The van der Waals surface area contributed by atoms with Gasteiger partial charge < -0.3 is 4.90 Å². The zero-order valence-electron chi connectivity index (χ0n) is 10.2. The van der Waals surface area contributed by atoms with Crippen molar-refractivity contribution in [1.29, 1.82) is 0 Å². The Labute approximate surface area is 105 Å². The van der Waals surface area contributed by atoms with Crippen LogP contribution < -0.4 is 0 Å². The number of carbonyl (C=O) groups is 1. The minimum absolute atomic E-state index is 0.0453. The summed E-state index contributed by atoms with van der Waals surface area (Å²) in [6, 6.07) is 2.85. The molecule has 1 aromatic rings. The summed E-state index contributed by atoms with van der Waals surface area (Å²) < 4.78 is 26.8. The molecule has 1 amide bonds. The molecule has 0 aromatic heterocycles. The Morgan fingerprint density at radius 3 is 2.83 bits per heavy atom. The molecule has 18 heavy (non-hydrogen) atoms. The average molecular weight is 251 g/mol. The summed E-state index contributed by atoms with van der Waals surface area (Å²) in [5, 5.41) is 0. The number of carbonyl (C=O) groups excluding carboxylic acids is 1. The van der Waals surface area contributed by atoms with Crippen molar-refractivity contribution < 1.29 is 13.6 Å². The molecule has 0 radical (unpaired) electrons. The Kier molecular flexibility index (Phi) is 3.45. The van der Waals surface area contributed by atoms with Crippen LogP contribution in [-0.2, 0) is 4.79 Å². The standard InChI is InChI=1S/C14H15F2NO/c1-3-10-6-14(18)17(8-10)9(2)12-7-11(15)4-5-13(12)16/h3-5,7,9-10H,1,6,8H2,2H3. The van der Waals surface area contributed by atoms with Gasteiger partial charge in [-0.2, -0.15) is 0 Å². The molecule has 2 unspecified atom stereocenters. The third kappa shape index (κ3) is 2.28. The number of hydrogen-bond donors (Lipinski definition) is 0. The molecule has 1 aromatic carbocycles. The van der Waals surface area contributed by atoms with Crippen LogP contribution in [0.3, 0.4) is 0 Å². The average Bonchev–Trinajstić information content (AvgIpc) is 2.73. The van der Waals surface area contributed by atoms with Crippen LogP contribution in [0.2, 0.25) is 0 Å². The van der Waals surface area contributed by atoms with Crippen LogP contribution in [0, 0.1) is 17.6 Å². The smallest absolute Gasteiger partial charge is 0.223 e. The normalized spacial score (nSPS) is 21.2. The van der Waals surface area contributed by atoms with E-state index < -0.39 is 17.7 Å². The lowest BCUT2D eigenvalue weighted by molar-refractivity contribution is -0.129. The molecule has 0 N–H and O–H groups in total. The first kappa shape index (κ1) is 12.7. The van der Waals surface area contributed by atoms with E-state index in [2.05, 4.69) is 6.58 Å². The van der Waals surface area contributed by atoms with Crippen LogP contribution in [0.5, 0.6) is 0 Å². The summed E-state index contributed by atoms with van der Waals surface area (Å²) in [5.74, 6) is -0.934. The van der Waals surface area contributed by atoms with E-state index in [0.717, 1.165) is 18.2 Å². The maximum atomic E-state index is 13.7. The fourth-order valence-electron chi connectivity index (χ4n) is 2.30. The van der Waals surface area contributed by atoms with Crippen LogP contribution >= 0.6 is 0 Å². The Morgan fingerprint density at radius 1 is 1.50 bits per heavy atom. The van der Waals surface area contributed by atoms with Crippen LogP contribution in [0.4, 0.5) is 8.78 Å². The molecule has 96 valence electrons. The summed E-state index contributed by atoms with van der Waals surface area (Å²) in [7, 11) is 0. The predicted molar refractivity (Wildman–Crippen MR) is 64.8 cm³/mol. The van der Waals surface area contributed by atoms with Crippen molar-refractivity contribution in [2.45, 2.75) is 19.4 Å². The van der Waals surface area contributed by atoms with Gasteiger partial charge in [-0.25, -0.2) is 8.78 Å². The van der Waals surface area contributed by atoms with E-state index in [9.17, 15) is 13.6 Å². The molecule has 0 spiro atoms. The largest absolute Gasteiger partial charge is 0.335 e. The number of rotatable bonds is 3. The first-order chi connectivity index (χ1) is 8.52. The van der Waals surface area contributed by atoms with Gasteiger partial charge in [0.2, 0.25) is 5.91 Å².